The fourth-order valence-electron chi connectivity index (χ4n) is 0.823. The van der Waals surface area contributed by atoms with E-state index in [1.807, 2.05) is 0 Å². The molecule has 0 rings (SSSR count). The summed E-state index contributed by atoms with van der Waals surface area (Å²) in [5.41, 5.74) is -0.479. The van der Waals surface area contributed by atoms with E-state index in [1.54, 1.807) is 19.2 Å². The molecule has 86 valence electrons. The second-order valence-electron chi connectivity index (χ2n) is 3.96. The Morgan fingerprint density at radius 2 is 2.00 bits per heavy atom. The van der Waals surface area contributed by atoms with Crippen molar-refractivity contribution < 1.29 is 28.5 Å². The van der Waals surface area contributed by atoms with Gasteiger partial charge in [0.15, 0.2) is 0 Å². The number of aliphatic hydroxyl groups excluding tert-OH is 2. The van der Waals surface area contributed by atoms with Gasteiger partial charge in [-0.1, -0.05) is 0 Å². The zero-order valence-corrected chi connectivity index (χ0v) is 9.12. The molecule has 0 aromatic rings. The highest BCUT2D eigenvalue weighted by atomic mass is 32.2. The predicted molar refractivity (Wildman–Crippen MR) is 48.5 cm³/mol. The number of aliphatic hydroxyl groups is 2. The lowest BCUT2D eigenvalue weighted by molar-refractivity contribution is -0.726. The van der Waals surface area contributed by atoms with Gasteiger partial charge in [-0.15, -0.1) is 0 Å². The summed E-state index contributed by atoms with van der Waals surface area (Å²) >= 11 is 0. The van der Waals surface area contributed by atoms with E-state index in [4.69, 9.17) is 10.2 Å². The van der Waals surface area contributed by atoms with Crippen molar-refractivity contribution in [2.24, 2.45) is 0 Å². The Labute approximate surface area is 83.7 Å². The van der Waals surface area contributed by atoms with Crippen molar-refractivity contribution in [1.82, 2.24) is 0 Å². The summed E-state index contributed by atoms with van der Waals surface area (Å²) in [6.07, 6.45) is -1.19. The van der Waals surface area contributed by atoms with Crippen LogP contribution in [0.25, 0.3) is 0 Å². The Hall–Kier alpha value is -0.210. The third-order valence-electron chi connectivity index (χ3n) is 1.75. The van der Waals surface area contributed by atoms with Crippen LogP contribution in [0, 0.1) is 0 Å². The van der Waals surface area contributed by atoms with Crippen LogP contribution in [0.3, 0.4) is 0 Å². The number of quaternary nitrogens is 1. The fraction of sp³-hybridized carbons (Fsp3) is 1.00. The van der Waals surface area contributed by atoms with Crippen molar-refractivity contribution in [3.8, 4) is 0 Å². The molecule has 1 atom stereocenters. The number of nitrogens with two attached hydrogens (primary N) is 1. The van der Waals surface area contributed by atoms with Crippen molar-refractivity contribution in [2.45, 2.75) is 25.5 Å². The average molecular weight is 227 g/mol. The Balaban J connectivity index is 3.92. The molecule has 0 unspecified atom stereocenters. The summed E-state index contributed by atoms with van der Waals surface area (Å²) < 4.78 is 30.8. The second-order valence-corrected chi connectivity index (χ2v) is 5.41. The van der Waals surface area contributed by atoms with Gasteiger partial charge in [-0.05, 0) is 13.8 Å². The van der Waals surface area contributed by atoms with Gasteiger partial charge in [-0.3, -0.25) is 0 Å². The first-order chi connectivity index (χ1) is 6.16. The van der Waals surface area contributed by atoms with Gasteiger partial charge in [-0.2, -0.15) is 0 Å². The zero-order valence-electron chi connectivity index (χ0n) is 8.30. The molecule has 0 fully saturated rings. The fourth-order valence-corrected chi connectivity index (χ4v) is 1.43. The zero-order chi connectivity index (χ0) is 11.4. The number of rotatable bonds is 6. The molecule has 14 heavy (non-hydrogen) atoms. The van der Waals surface area contributed by atoms with E-state index in [-0.39, 0.29) is 13.2 Å². The SMILES string of the molecule is CC(C)(CO)[NH2+]C[C@H](O)CS(=O)(=O)[O-]. The van der Waals surface area contributed by atoms with Gasteiger partial charge in [0.05, 0.1) is 22.5 Å². The Bertz CT molecular complexity index is 261. The first kappa shape index (κ1) is 13.8. The van der Waals surface area contributed by atoms with E-state index < -0.39 is 27.5 Å². The van der Waals surface area contributed by atoms with E-state index >= 15 is 0 Å². The monoisotopic (exact) mass is 227 g/mol. The Morgan fingerprint density at radius 1 is 1.50 bits per heavy atom. The molecule has 0 bridgehead atoms. The van der Waals surface area contributed by atoms with Crippen LogP contribution in [0.1, 0.15) is 13.8 Å². The quantitative estimate of drug-likeness (QED) is 0.425. The average Bonchev–Trinajstić information content (AvgIpc) is 1.98. The molecule has 0 aromatic carbocycles. The Morgan fingerprint density at radius 3 is 2.36 bits per heavy atom. The summed E-state index contributed by atoms with van der Waals surface area (Å²) in [6.45, 7) is 3.47. The molecule has 0 aromatic heterocycles. The van der Waals surface area contributed by atoms with E-state index in [0.717, 1.165) is 0 Å². The van der Waals surface area contributed by atoms with Crippen LogP contribution in [-0.4, -0.2) is 53.7 Å². The van der Waals surface area contributed by atoms with Gasteiger partial charge >= 0.3 is 0 Å². The molecule has 0 saturated heterocycles. The molecule has 0 spiro atoms. The lowest BCUT2D eigenvalue weighted by Gasteiger charge is -2.22. The highest BCUT2D eigenvalue weighted by Crippen LogP contribution is 1.92. The van der Waals surface area contributed by atoms with Crippen molar-refractivity contribution in [3.05, 3.63) is 0 Å². The van der Waals surface area contributed by atoms with E-state index in [9.17, 15) is 13.0 Å². The Kier molecular flexibility index (Phi) is 4.96. The molecule has 0 saturated carbocycles. The van der Waals surface area contributed by atoms with Crippen LogP contribution >= 0.6 is 0 Å². The molecule has 6 nitrogen and oxygen atoms in total. The molecular weight excluding hydrogens is 210 g/mol. The van der Waals surface area contributed by atoms with Gasteiger partial charge < -0.3 is 20.1 Å². The minimum atomic E-state index is -4.38. The first-order valence-corrected chi connectivity index (χ1v) is 5.81. The normalized spacial score (nSPS) is 15.5. The van der Waals surface area contributed by atoms with Crippen molar-refractivity contribution in [1.29, 1.82) is 0 Å². The lowest BCUT2D eigenvalue weighted by Crippen LogP contribution is -2.97. The maximum Gasteiger partial charge on any atom is 0.116 e. The minimum Gasteiger partial charge on any atom is -0.748 e. The standard InChI is InChI=1S/C7H17NO5S/c1-7(2,5-9)8-3-6(10)4-14(11,12)13/h6,8-10H,3-5H2,1-2H3,(H,11,12,13)/t6-/m0/s1. The summed E-state index contributed by atoms with van der Waals surface area (Å²) in [5, 5.41) is 19.6. The maximum absolute atomic E-state index is 10.3. The smallest absolute Gasteiger partial charge is 0.116 e. The van der Waals surface area contributed by atoms with Crippen LogP contribution in [0.2, 0.25) is 0 Å². The van der Waals surface area contributed by atoms with Gasteiger partial charge in [0, 0.05) is 0 Å². The first-order valence-electron chi connectivity index (χ1n) is 4.23. The highest BCUT2D eigenvalue weighted by molar-refractivity contribution is 7.85. The van der Waals surface area contributed by atoms with Crippen molar-refractivity contribution in [3.63, 3.8) is 0 Å². The van der Waals surface area contributed by atoms with Crippen LogP contribution in [-0.2, 0) is 10.1 Å². The topological polar surface area (TPSA) is 114 Å². The molecule has 7 heteroatoms. The van der Waals surface area contributed by atoms with Crippen LogP contribution in [0.15, 0.2) is 0 Å². The summed E-state index contributed by atoms with van der Waals surface area (Å²) in [5.74, 6) is -0.787. The van der Waals surface area contributed by atoms with Crippen LogP contribution in [0.5, 0.6) is 0 Å². The summed E-state index contributed by atoms with van der Waals surface area (Å²) in [4.78, 5) is 0. The molecule has 0 radical (unpaired) electrons. The molecule has 0 aliphatic heterocycles. The second kappa shape index (κ2) is 5.04. The maximum atomic E-state index is 10.3. The molecule has 0 heterocycles. The van der Waals surface area contributed by atoms with Crippen LogP contribution in [0.4, 0.5) is 0 Å². The molecule has 0 amide bonds. The van der Waals surface area contributed by atoms with Gasteiger partial charge in [-0.25, -0.2) is 8.42 Å². The third-order valence-corrected chi connectivity index (χ3v) is 2.54. The highest BCUT2D eigenvalue weighted by Gasteiger charge is 2.21. The van der Waals surface area contributed by atoms with Crippen molar-refractivity contribution >= 4 is 10.1 Å². The van der Waals surface area contributed by atoms with Gasteiger partial charge in [0.1, 0.15) is 18.2 Å². The lowest BCUT2D eigenvalue weighted by atomic mass is 10.1. The molecule has 0 aliphatic carbocycles. The largest absolute Gasteiger partial charge is 0.748 e. The van der Waals surface area contributed by atoms with E-state index in [0.29, 0.717) is 0 Å². The van der Waals surface area contributed by atoms with E-state index in [2.05, 4.69) is 0 Å². The van der Waals surface area contributed by atoms with Gasteiger partial charge in [0.25, 0.3) is 0 Å². The van der Waals surface area contributed by atoms with Gasteiger partial charge in [0.2, 0.25) is 0 Å². The molecular formula is C7H17NO5S. The van der Waals surface area contributed by atoms with E-state index in [1.165, 1.54) is 0 Å². The number of hydrogen-bond donors (Lipinski definition) is 3. The molecule has 4 N–H and O–H groups in total. The van der Waals surface area contributed by atoms with Crippen LogP contribution < -0.4 is 5.32 Å². The summed E-state index contributed by atoms with van der Waals surface area (Å²) in [6, 6.07) is 0. The third kappa shape index (κ3) is 7.22. The number of hydrogen-bond acceptors (Lipinski definition) is 5. The van der Waals surface area contributed by atoms with Crippen molar-refractivity contribution in [2.75, 3.05) is 18.9 Å². The predicted octanol–water partition coefficient (Wildman–Crippen LogP) is -2.77. The minimum absolute atomic E-state index is 0.0784. The summed E-state index contributed by atoms with van der Waals surface area (Å²) in [7, 11) is -4.38. The molecule has 0 aliphatic rings.